The Kier molecular flexibility index (Phi) is 6.48. The summed E-state index contributed by atoms with van der Waals surface area (Å²) in [5.74, 6) is -0.210. The highest BCUT2D eigenvalue weighted by Gasteiger charge is 2.10. The second-order valence-electron chi connectivity index (χ2n) is 4.81. The predicted molar refractivity (Wildman–Crippen MR) is 74.8 cm³/mol. The number of aryl methyl sites for hydroxylation is 1. The van der Waals surface area contributed by atoms with Crippen LogP contribution in [0, 0.1) is 0 Å². The van der Waals surface area contributed by atoms with Gasteiger partial charge in [-0.3, -0.25) is 0 Å². The molecule has 0 heterocycles. The van der Waals surface area contributed by atoms with E-state index in [9.17, 15) is 4.79 Å². The minimum Gasteiger partial charge on any atom is -0.459 e. The van der Waals surface area contributed by atoms with Gasteiger partial charge in [-0.05, 0) is 43.9 Å². The molecule has 0 fully saturated rings. The zero-order chi connectivity index (χ0) is 13.4. The maximum atomic E-state index is 11.8. The van der Waals surface area contributed by atoms with E-state index in [1.807, 2.05) is 31.2 Å². The predicted octanol–water partition coefficient (Wildman–Crippen LogP) is 4.37. The van der Waals surface area contributed by atoms with Gasteiger partial charge in [0.1, 0.15) is 0 Å². The number of carbonyl (C=O) groups is 1. The van der Waals surface area contributed by atoms with Crippen molar-refractivity contribution in [2.45, 2.75) is 59.0 Å². The van der Waals surface area contributed by atoms with Crippen LogP contribution in [0.25, 0.3) is 0 Å². The molecule has 0 spiro atoms. The molecule has 1 rings (SSSR count). The first kappa shape index (κ1) is 14.7. The molecular weight excluding hydrogens is 224 g/mol. The summed E-state index contributed by atoms with van der Waals surface area (Å²) in [4.78, 5) is 11.8. The van der Waals surface area contributed by atoms with Crippen molar-refractivity contribution in [3.8, 4) is 0 Å². The molecule has 100 valence electrons. The van der Waals surface area contributed by atoms with E-state index in [1.165, 1.54) is 18.4 Å². The standard InChI is InChI=1S/C16H24O2/c1-4-6-8-14-9-11-15(12-10-14)16(17)18-13(3)7-5-2/h9-13H,4-8H2,1-3H3. The van der Waals surface area contributed by atoms with E-state index in [4.69, 9.17) is 4.74 Å². The lowest BCUT2D eigenvalue weighted by Crippen LogP contribution is -2.14. The van der Waals surface area contributed by atoms with E-state index in [-0.39, 0.29) is 12.1 Å². The minimum atomic E-state index is -0.210. The van der Waals surface area contributed by atoms with Gasteiger partial charge in [0, 0.05) is 0 Å². The molecule has 1 aromatic carbocycles. The Hall–Kier alpha value is -1.31. The Morgan fingerprint density at radius 1 is 1.17 bits per heavy atom. The summed E-state index contributed by atoms with van der Waals surface area (Å²) < 4.78 is 5.36. The summed E-state index contributed by atoms with van der Waals surface area (Å²) in [5.41, 5.74) is 1.94. The molecule has 0 bridgehead atoms. The van der Waals surface area contributed by atoms with E-state index in [1.54, 1.807) is 0 Å². The van der Waals surface area contributed by atoms with E-state index in [2.05, 4.69) is 13.8 Å². The Morgan fingerprint density at radius 3 is 2.39 bits per heavy atom. The molecule has 18 heavy (non-hydrogen) atoms. The Balaban J connectivity index is 2.53. The van der Waals surface area contributed by atoms with Crippen molar-refractivity contribution in [2.24, 2.45) is 0 Å². The van der Waals surface area contributed by atoms with Crippen molar-refractivity contribution in [1.29, 1.82) is 0 Å². The molecule has 1 unspecified atom stereocenters. The highest BCUT2D eigenvalue weighted by Crippen LogP contribution is 2.11. The molecule has 0 saturated carbocycles. The normalized spacial score (nSPS) is 12.2. The van der Waals surface area contributed by atoms with Crippen molar-refractivity contribution in [1.82, 2.24) is 0 Å². The lowest BCUT2D eigenvalue weighted by atomic mass is 10.1. The number of benzene rings is 1. The number of unbranched alkanes of at least 4 members (excludes halogenated alkanes) is 1. The number of ether oxygens (including phenoxy) is 1. The monoisotopic (exact) mass is 248 g/mol. The van der Waals surface area contributed by atoms with Crippen molar-refractivity contribution < 1.29 is 9.53 Å². The van der Waals surface area contributed by atoms with Gasteiger partial charge < -0.3 is 4.74 Å². The summed E-state index contributed by atoms with van der Waals surface area (Å²) in [7, 11) is 0. The van der Waals surface area contributed by atoms with Crippen LogP contribution < -0.4 is 0 Å². The molecule has 1 atom stereocenters. The molecule has 0 aliphatic heterocycles. The number of rotatable bonds is 7. The lowest BCUT2D eigenvalue weighted by Gasteiger charge is -2.12. The molecule has 0 radical (unpaired) electrons. The van der Waals surface area contributed by atoms with Crippen LogP contribution >= 0.6 is 0 Å². The topological polar surface area (TPSA) is 26.3 Å². The van der Waals surface area contributed by atoms with Gasteiger partial charge in [0.2, 0.25) is 0 Å². The summed E-state index contributed by atoms with van der Waals surface area (Å²) in [6, 6.07) is 7.78. The van der Waals surface area contributed by atoms with Gasteiger partial charge in [0.05, 0.1) is 11.7 Å². The van der Waals surface area contributed by atoms with E-state index in [0.717, 1.165) is 19.3 Å². The maximum absolute atomic E-state index is 11.8. The quantitative estimate of drug-likeness (QED) is 0.669. The van der Waals surface area contributed by atoms with Crippen molar-refractivity contribution in [3.63, 3.8) is 0 Å². The van der Waals surface area contributed by atoms with Crippen LogP contribution in [0.1, 0.15) is 62.4 Å². The fourth-order valence-corrected chi connectivity index (χ4v) is 1.90. The number of hydrogen-bond acceptors (Lipinski definition) is 2. The van der Waals surface area contributed by atoms with Crippen molar-refractivity contribution in [2.75, 3.05) is 0 Å². The van der Waals surface area contributed by atoms with Gasteiger partial charge in [-0.2, -0.15) is 0 Å². The van der Waals surface area contributed by atoms with Gasteiger partial charge in [0.25, 0.3) is 0 Å². The van der Waals surface area contributed by atoms with Crippen molar-refractivity contribution >= 4 is 5.97 Å². The van der Waals surface area contributed by atoms with E-state index in [0.29, 0.717) is 5.56 Å². The molecule has 0 aromatic heterocycles. The minimum absolute atomic E-state index is 0.00210. The summed E-state index contributed by atoms with van der Waals surface area (Å²) in [6.07, 6.45) is 5.42. The second kappa shape index (κ2) is 7.91. The van der Waals surface area contributed by atoms with Crippen molar-refractivity contribution in [3.05, 3.63) is 35.4 Å². The first-order valence-electron chi connectivity index (χ1n) is 6.97. The Morgan fingerprint density at radius 2 is 1.83 bits per heavy atom. The third-order valence-corrected chi connectivity index (χ3v) is 3.01. The highest BCUT2D eigenvalue weighted by atomic mass is 16.5. The molecule has 0 amide bonds. The zero-order valence-corrected chi connectivity index (χ0v) is 11.7. The lowest BCUT2D eigenvalue weighted by molar-refractivity contribution is 0.0323. The van der Waals surface area contributed by atoms with Crippen LogP contribution in [0.5, 0.6) is 0 Å². The molecule has 0 aliphatic rings. The molecular formula is C16H24O2. The Labute approximate surface area is 110 Å². The van der Waals surface area contributed by atoms with Gasteiger partial charge >= 0.3 is 5.97 Å². The first-order chi connectivity index (χ1) is 8.67. The van der Waals surface area contributed by atoms with Crippen LogP contribution in [0.4, 0.5) is 0 Å². The molecule has 2 heteroatoms. The smallest absolute Gasteiger partial charge is 0.338 e. The van der Waals surface area contributed by atoms with Crippen LogP contribution in [0.15, 0.2) is 24.3 Å². The highest BCUT2D eigenvalue weighted by molar-refractivity contribution is 5.89. The average Bonchev–Trinajstić information content (AvgIpc) is 2.37. The van der Waals surface area contributed by atoms with Crippen LogP contribution in [0.2, 0.25) is 0 Å². The summed E-state index contributed by atoms with van der Waals surface area (Å²) >= 11 is 0. The fraction of sp³-hybridized carbons (Fsp3) is 0.562. The van der Waals surface area contributed by atoms with E-state index < -0.39 is 0 Å². The molecule has 1 aromatic rings. The largest absolute Gasteiger partial charge is 0.459 e. The summed E-state index contributed by atoms with van der Waals surface area (Å²) in [5, 5.41) is 0. The maximum Gasteiger partial charge on any atom is 0.338 e. The average molecular weight is 248 g/mol. The van der Waals surface area contributed by atoms with Gasteiger partial charge in [-0.25, -0.2) is 4.79 Å². The first-order valence-corrected chi connectivity index (χ1v) is 6.97. The van der Waals surface area contributed by atoms with Crippen LogP contribution in [-0.4, -0.2) is 12.1 Å². The summed E-state index contributed by atoms with van der Waals surface area (Å²) in [6.45, 7) is 6.21. The SMILES string of the molecule is CCCCc1ccc(C(=O)OC(C)CCC)cc1. The van der Waals surface area contributed by atoms with E-state index >= 15 is 0 Å². The van der Waals surface area contributed by atoms with Crippen LogP contribution in [-0.2, 0) is 11.2 Å². The van der Waals surface area contributed by atoms with Crippen LogP contribution in [0.3, 0.4) is 0 Å². The number of carbonyl (C=O) groups excluding carboxylic acids is 1. The Bertz CT molecular complexity index is 354. The zero-order valence-electron chi connectivity index (χ0n) is 11.7. The number of hydrogen-bond donors (Lipinski definition) is 0. The van der Waals surface area contributed by atoms with Gasteiger partial charge in [-0.15, -0.1) is 0 Å². The second-order valence-corrected chi connectivity index (χ2v) is 4.81. The molecule has 2 nitrogen and oxygen atoms in total. The van der Waals surface area contributed by atoms with Gasteiger partial charge in [0.15, 0.2) is 0 Å². The molecule has 0 aliphatic carbocycles. The molecule has 0 N–H and O–H groups in total. The molecule has 0 saturated heterocycles. The number of esters is 1. The fourth-order valence-electron chi connectivity index (χ4n) is 1.90. The third-order valence-electron chi connectivity index (χ3n) is 3.01. The van der Waals surface area contributed by atoms with Gasteiger partial charge in [-0.1, -0.05) is 38.8 Å². The third kappa shape index (κ3) is 4.91.